The van der Waals surface area contributed by atoms with Gasteiger partial charge in [0.05, 0.1) is 18.1 Å². The molecular formula is C13H21NO4. The molecule has 18 heavy (non-hydrogen) atoms. The lowest BCUT2D eigenvalue weighted by molar-refractivity contribution is -0.161. The highest BCUT2D eigenvalue weighted by atomic mass is 16.5. The largest absolute Gasteiger partial charge is 0.481 e. The number of amides is 1. The Bertz CT molecular complexity index is 338. The minimum Gasteiger partial charge on any atom is -0.481 e. The van der Waals surface area contributed by atoms with Crippen molar-refractivity contribution in [2.24, 2.45) is 5.41 Å². The third-order valence-electron chi connectivity index (χ3n) is 4.20. The summed E-state index contributed by atoms with van der Waals surface area (Å²) in [5.41, 5.74) is -0.781. The minimum atomic E-state index is -0.817. The lowest BCUT2D eigenvalue weighted by Crippen LogP contribution is -2.49. The first-order valence-corrected chi connectivity index (χ1v) is 6.70. The molecule has 1 aliphatic carbocycles. The Kier molecular flexibility index (Phi) is 3.90. The van der Waals surface area contributed by atoms with Crippen LogP contribution in [0.2, 0.25) is 0 Å². The molecule has 2 fully saturated rings. The highest BCUT2D eigenvalue weighted by Crippen LogP contribution is 2.44. The van der Waals surface area contributed by atoms with E-state index in [0.717, 1.165) is 12.8 Å². The quantitative estimate of drug-likeness (QED) is 0.821. The Morgan fingerprint density at radius 3 is 2.67 bits per heavy atom. The Labute approximate surface area is 107 Å². The zero-order chi connectivity index (χ0) is 13.2. The van der Waals surface area contributed by atoms with Crippen molar-refractivity contribution in [2.75, 3.05) is 19.7 Å². The van der Waals surface area contributed by atoms with Crippen LogP contribution in [0, 0.1) is 5.41 Å². The zero-order valence-electron chi connectivity index (χ0n) is 10.9. The van der Waals surface area contributed by atoms with Crippen LogP contribution in [0.15, 0.2) is 0 Å². The third kappa shape index (κ3) is 2.51. The molecule has 0 radical (unpaired) electrons. The molecule has 1 atom stereocenters. The molecule has 2 aliphatic rings. The van der Waals surface area contributed by atoms with Gasteiger partial charge in [0.1, 0.15) is 0 Å². The maximum Gasteiger partial charge on any atom is 0.310 e. The molecule has 1 N–H and O–H groups in total. The van der Waals surface area contributed by atoms with Gasteiger partial charge in [-0.25, -0.2) is 0 Å². The number of nitrogens with zero attached hydrogens (tertiary/aromatic N) is 1. The van der Waals surface area contributed by atoms with Gasteiger partial charge in [-0.1, -0.05) is 13.3 Å². The van der Waals surface area contributed by atoms with Crippen LogP contribution in [0.1, 0.15) is 39.0 Å². The molecule has 1 saturated heterocycles. The molecule has 0 aromatic rings. The summed E-state index contributed by atoms with van der Waals surface area (Å²) in [6, 6.07) is 0. The van der Waals surface area contributed by atoms with Crippen molar-refractivity contribution >= 4 is 11.9 Å². The highest BCUT2D eigenvalue weighted by Gasteiger charge is 2.46. The van der Waals surface area contributed by atoms with Crippen LogP contribution in [-0.4, -0.2) is 47.7 Å². The van der Waals surface area contributed by atoms with Crippen molar-refractivity contribution in [3.05, 3.63) is 0 Å². The molecule has 5 heteroatoms. The van der Waals surface area contributed by atoms with Crippen LogP contribution in [0.3, 0.4) is 0 Å². The second kappa shape index (κ2) is 5.26. The first kappa shape index (κ1) is 13.3. The van der Waals surface area contributed by atoms with Crippen LogP contribution in [0.5, 0.6) is 0 Å². The van der Waals surface area contributed by atoms with Gasteiger partial charge in [-0.2, -0.15) is 0 Å². The van der Waals surface area contributed by atoms with Crippen molar-refractivity contribution in [3.8, 4) is 0 Å². The number of hydrogen-bond acceptors (Lipinski definition) is 3. The number of aliphatic carboxylic acids is 1. The van der Waals surface area contributed by atoms with Gasteiger partial charge in [-0.15, -0.1) is 0 Å². The number of rotatable bonds is 4. The number of morpholine rings is 1. The SMILES string of the molecule is CCC1CN(C(=O)CC2(C(=O)O)CCC2)CCO1. The highest BCUT2D eigenvalue weighted by molar-refractivity contribution is 5.85. The summed E-state index contributed by atoms with van der Waals surface area (Å²) in [4.78, 5) is 25.2. The van der Waals surface area contributed by atoms with Gasteiger partial charge in [-0.05, 0) is 19.3 Å². The molecular weight excluding hydrogens is 234 g/mol. The number of carbonyl (C=O) groups excluding carboxylic acids is 1. The van der Waals surface area contributed by atoms with E-state index < -0.39 is 11.4 Å². The number of carboxylic acid groups (broad SMARTS) is 1. The van der Waals surface area contributed by atoms with Crippen LogP contribution < -0.4 is 0 Å². The number of ether oxygens (including phenoxy) is 1. The molecule has 0 spiro atoms. The average molecular weight is 255 g/mol. The van der Waals surface area contributed by atoms with Gasteiger partial charge in [0, 0.05) is 19.5 Å². The fraction of sp³-hybridized carbons (Fsp3) is 0.846. The monoisotopic (exact) mass is 255 g/mol. The predicted molar refractivity (Wildman–Crippen MR) is 65.1 cm³/mol. The van der Waals surface area contributed by atoms with E-state index in [1.165, 1.54) is 0 Å². The topological polar surface area (TPSA) is 66.8 Å². The fourth-order valence-corrected chi connectivity index (χ4v) is 2.66. The maximum absolute atomic E-state index is 12.2. The number of carbonyl (C=O) groups is 2. The van der Waals surface area contributed by atoms with Crippen molar-refractivity contribution in [1.29, 1.82) is 0 Å². The fourth-order valence-electron chi connectivity index (χ4n) is 2.66. The summed E-state index contributed by atoms with van der Waals surface area (Å²) in [5, 5.41) is 9.23. The molecule has 1 heterocycles. The van der Waals surface area contributed by atoms with Gasteiger partial charge in [0.2, 0.25) is 5.91 Å². The summed E-state index contributed by atoms with van der Waals surface area (Å²) in [5.74, 6) is -0.846. The van der Waals surface area contributed by atoms with Gasteiger partial charge in [0.25, 0.3) is 0 Å². The van der Waals surface area contributed by atoms with Crippen molar-refractivity contribution in [2.45, 2.75) is 45.1 Å². The van der Waals surface area contributed by atoms with Crippen LogP contribution in [-0.2, 0) is 14.3 Å². The van der Waals surface area contributed by atoms with Crippen LogP contribution in [0.4, 0.5) is 0 Å². The Hall–Kier alpha value is -1.10. The Morgan fingerprint density at radius 2 is 2.17 bits per heavy atom. The Balaban J connectivity index is 1.93. The normalized spacial score (nSPS) is 26.5. The molecule has 1 saturated carbocycles. The second-order valence-electron chi connectivity index (χ2n) is 5.36. The second-order valence-corrected chi connectivity index (χ2v) is 5.36. The maximum atomic E-state index is 12.2. The standard InChI is InChI=1S/C13H21NO4/c1-2-10-9-14(6-7-18-10)11(15)8-13(12(16)17)4-3-5-13/h10H,2-9H2,1H3,(H,16,17). The van der Waals surface area contributed by atoms with E-state index in [0.29, 0.717) is 32.5 Å². The molecule has 0 aromatic carbocycles. The number of carboxylic acids is 1. The van der Waals surface area contributed by atoms with Crippen molar-refractivity contribution in [1.82, 2.24) is 4.90 Å². The molecule has 5 nitrogen and oxygen atoms in total. The molecule has 2 rings (SSSR count). The van der Waals surface area contributed by atoms with E-state index in [9.17, 15) is 14.7 Å². The molecule has 1 amide bonds. The lowest BCUT2D eigenvalue weighted by Gasteiger charge is -2.40. The van der Waals surface area contributed by atoms with Crippen molar-refractivity contribution < 1.29 is 19.4 Å². The van der Waals surface area contributed by atoms with Gasteiger partial charge in [0.15, 0.2) is 0 Å². The minimum absolute atomic E-state index is 0.0288. The van der Waals surface area contributed by atoms with Gasteiger partial charge >= 0.3 is 5.97 Å². The molecule has 1 aliphatic heterocycles. The van der Waals surface area contributed by atoms with Crippen LogP contribution in [0.25, 0.3) is 0 Å². The first-order chi connectivity index (χ1) is 8.57. The molecule has 1 unspecified atom stereocenters. The lowest BCUT2D eigenvalue weighted by atomic mass is 9.66. The molecule has 0 aromatic heterocycles. The molecule has 0 bridgehead atoms. The van der Waals surface area contributed by atoms with E-state index in [2.05, 4.69) is 0 Å². The summed E-state index contributed by atoms with van der Waals surface area (Å²) in [7, 11) is 0. The van der Waals surface area contributed by atoms with E-state index in [1.807, 2.05) is 6.92 Å². The van der Waals surface area contributed by atoms with Crippen LogP contribution >= 0.6 is 0 Å². The van der Waals surface area contributed by atoms with E-state index in [-0.39, 0.29) is 18.4 Å². The Morgan fingerprint density at radius 1 is 1.44 bits per heavy atom. The summed E-state index contributed by atoms with van der Waals surface area (Å²) >= 11 is 0. The van der Waals surface area contributed by atoms with Gasteiger partial charge < -0.3 is 14.7 Å². The van der Waals surface area contributed by atoms with E-state index >= 15 is 0 Å². The van der Waals surface area contributed by atoms with Crippen molar-refractivity contribution in [3.63, 3.8) is 0 Å². The molecule has 102 valence electrons. The third-order valence-corrected chi connectivity index (χ3v) is 4.20. The summed E-state index contributed by atoms with van der Waals surface area (Å²) in [6.07, 6.45) is 3.32. The summed E-state index contributed by atoms with van der Waals surface area (Å²) in [6.45, 7) is 3.78. The first-order valence-electron chi connectivity index (χ1n) is 6.70. The van der Waals surface area contributed by atoms with E-state index in [1.54, 1.807) is 4.90 Å². The predicted octanol–water partition coefficient (Wildman–Crippen LogP) is 1.27. The smallest absolute Gasteiger partial charge is 0.310 e. The number of hydrogen-bond donors (Lipinski definition) is 1. The zero-order valence-corrected chi connectivity index (χ0v) is 10.9. The summed E-state index contributed by atoms with van der Waals surface area (Å²) < 4.78 is 5.52. The van der Waals surface area contributed by atoms with Gasteiger partial charge in [-0.3, -0.25) is 9.59 Å². The average Bonchev–Trinajstić information content (AvgIpc) is 2.33. The van der Waals surface area contributed by atoms with E-state index in [4.69, 9.17) is 4.74 Å².